The van der Waals surface area contributed by atoms with Crippen LogP contribution in [0, 0.1) is 11.7 Å². The van der Waals surface area contributed by atoms with Crippen LogP contribution in [0.25, 0.3) is 11.4 Å². The third-order valence-electron chi connectivity index (χ3n) is 4.43. The van der Waals surface area contributed by atoms with E-state index in [2.05, 4.69) is 21.0 Å². The van der Waals surface area contributed by atoms with Gasteiger partial charge >= 0.3 is 0 Å². The molecule has 0 saturated carbocycles. The Bertz CT molecular complexity index is 1100. The molecule has 0 spiro atoms. The quantitative estimate of drug-likeness (QED) is 0.386. The molecule has 0 aliphatic carbocycles. The van der Waals surface area contributed by atoms with Gasteiger partial charge in [-0.3, -0.25) is 30.1 Å². The summed E-state index contributed by atoms with van der Waals surface area (Å²) in [6.07, 6.45) is 0.169. The van der Waals surface area contributed by atoms with Gasteiger partial charge < -0.3 is 4.74 Å². The van der Waals surface area contributed by atoms with Crippen LogP contribution in [0.3, 0.4) is 0 Å². The zero-order valence-corrected chi connectivity index (χ0v) is 18.5. The van der Waals surface area contributed by atoms with E-state index < -0.39 is 5.91 Å². The second-order valence-corrected chi connectivity index (χ2v) is 7.70. The first kappa shape index (κ1) is 22.2. The van der Waals surface area contributed by atoms with Crippen molar-refractivity contribution in [3.8, 4) is 17.1 Å². The van der Waals surface area contributed by atoms with Gasteiger partial charge in [-0.1, -0.05) is 29.8 Å². The molecule has 3 N–H and O–H groups in total. The molecule has 0 aliphatic rings. The minimum absolute atomic E-state index is 0.0502. The van der Waals surface area contributed by atoms with E-state index in [0.717, 1.165) is 11.1 Å². The maximum atomic E-state index is 12.2. The largest absolute Gasteiger partial charge is 0.491 e. The smallest absolute Gasteiger partial charge is 0.269 e. The average molecular weight is 440 g/mol. The molecule has 2 amide bonds. The first-order valence-electron chi connectivity index (χ1n) is 9.91. The molecular formula is C22H25N5O3S. The highest BCUT2D eigenvalue weighted by molar-refractivity contribution is 7.71. The van der Waals surface area contributed by atoms with Crippen molar-refractivity contribution in [2.24, 2.45) is 0 Å². The number of carbonyl (C=O) groups excluding carboxylic acids is 2. The summed E-state index contributed by atoms with van der Waals surface area (Å²) in [5, 5.41) is 7.03. The molecule has 3 rings (SSSR count). The summed E-state index contributed by atoms with van der Waals surface area (Å²) >= 11 is 5.29. The molecule has 9 heteroatoms. The van der Waals surface area contributed by atoms with Gasteiger partial charge in [-0.25, -0.2) is 0 Å². The van der Waals surface area contributed by atoms with Crippen LogP contribution in [0.5, 0.6) is 5.75 Å². The monoisotopic (exact) mass is 439 g/mol. The fraction of sp³-hybridized carbons (Fsp3) is 0.273. The van der Waals surface area contributed by atoms with Crippen molar-refractivity contribution in [1.82, 2.24) is 25.6 Å². The molecule has 0 aliphatic heterocycles. The maximum Gasteiger partial charge on any atom is 0.269 e. The molecule has 0 atom stereocenters. The van der Waals surface area contributed by atoms with Crippen LogP contribution in [0.15, 0.2) is 48.5 Å². The topological polar surface area (TPSA) is 101 Å². The molecular weight excluding hydrogens is 414 g/mol. The lowest BCUT2D eigenvalue weighted by molar-refractivity contribution is -0.122. The van der Waals surface area contributed by atoms with Crippen molar-refractivity contribution in [3.05, 3.63) is 64.4 Å². The predicted molar refractivity (Wildman–Crippen MR) is 120 cm³/mol. The Morgan fingerprint density at radius 1 is 1.10 bits per heavy atom. The number of aromatic nitrogens is 3. The van der Waals surface area contributed by atoms with Crippen molar-refractivity contribution >= 4 is 24.0 Å². The van der Waals surface area contributed by atoms with Crippen LogP contribution in [0.4, 0.5) is 0 Å². The fourth-order valence-electron chi connectivity index (χ4n) is 2.88. The summed E-state index contributed by atoms with van der Waals surface area (Å²) in [5.74, 6) is 0.582. The van der Waals surface area contributed by atoms with E-state index >= 15 is 0 Å². The van der Waals surface area contributed by atoms with E-state index in [9.17, 15) is 9.59 Å². The van der Waals surface area contributed by atoms with E-state index in [0.29, 0.717) is 28.5 Å². The molecule has 0 radical (unpaired) electrons. The minimum Gasteiger partial charge on any atom is -0.491 e. The Morgan fingerprint density at radius 2 is 1.77 bits per heavy atom. The number of hydrogen-bond acceptors (Lipinski definition) is 5. The summed E-state index contributed by atoms with van der Waals surface area (Å²) in [4.78, 5) is 24.5. The molecule has 3 aromatic rings. The molecule has 162 valence electrons. The lowest BCUT2D eigenvalue weighted by atomic mass is 10.1. The number of hydrogen-bond donors (Lipinski definition) is 3. The van der Waals surface area contributed by atoms with Crippen molar-refractivity contribution in [1.29, 1.82) is 0 Å². The lowest BCUT2D eigenvalue weighted by Crippen LogP contribution is -2.41. The van der Waals surface area contributed by atoms with Gasteiger partial charge in [-0.15, -0.1) is 0 Å². The number of rotatable bonds is 7. The van der Waals surface area contributed by atoms with Gasteiger partial charge in [0.05, 0.1) is 6.10 Å². The number of nitrogens with one attached hydrogen (secondary N) is 3. The lowest BCUT2D eigenvalue weighted by Gasteiger charge is -2.11. The van der Waals surface area contributed by atoms with Gasteiger partial charge in [0.2, 0.25) is 5.91 Å². The third kappa shape index (κ3) is 6.02. The van der Waals surface area contributed by atoms with E-state index in [4.69, 9.17) is 17.0 Å². The van der Waals surface area contributed by atoms with Gasteiger partial charge in [-0.2, -0.15) is 5.10 Å². The molecule has 2 aromatic carbocycles. The van der Waals surface area contributed by atoms with E-state index in [1.54, 1.807) is 28.8 Å². The number of aryl methyl sites for hydroxylation is 1. The number of aromatic amines is 1. The number of H-pyrrole nitrogens is 1. The zero-order chi connectivity index (χ0) is 22.4. The van der Waals surface area contributed by atoms with E-state index in [-0.39, 0.29) is 18.4 Å². The van der Waals surface area contributed by atoms with Gasteiger partial charge in [0.1, 0.15) is 5.75 Å². The Balaban J connectivity index is 1.54. The van der Waals surface area contributed by atoms with Gasteiger partial charge in [0.15, 0.2) is 10.6 Å². The van der Waals surface area contributed by atoms with Crippen LogP contribution in [-0.2, 0) is 11.3 Å². The van der Waals surface area contributed by atoms with Crippen molar-refractivity contribution < 1.29 is 14.3 Å². The fourth-order valence-corrected chi connectivity index (χ4v) is 3.10. The zero-order valence-electron chi connectivity index (χ0n) is 17.6. The molecule has 0 fully saturated rings. The van der Waals surface area contributed by atoms with Gasteiger partial charge in [0, 0.05) is 24.1 Å². The molecule has 0 saturated heterocycles. The van der Waals surface area contributed by atoms with Crippen LogP contribution in [-0.4, -0.2) is 32.7 Å². The standard InChI is InChI=1S/C22H25N5O3S/c1-14(2)30-18-10-8-17(9-11-18)21(29)25-23-19(28)12-13-27-20(24-26-22(27)31)16-6-4-15(3)5-7-16/h4-11,14H,12-13H2,1-3H3,(H,23,28)(H,25,29)(H,26,31). The molecule has 8 nitrogen and oxygen atoms in total. The van der Waals surface area contributed by atoms with E-state index in [1.807, 2.05) is 45.0 Å². The Labute approximate surface area is 185 Å². The molecule has 1 aromatic heterocycles. The van der Waals surface area contributed by atoms with Crippen LogP contribution < -0.4 is 15.6 Å². The summed E-state index contributed by atoms with van der Waals surface area (Å²) in [6.45, 7) is 6.18. The van der Waals surface area contributed by atoms with Crippen molar-refractivity contribution in [3.63, 3.8) is 0 Å². The van der Waals surface area contributed by atoms with E-state index in [1.165, 1.54) is 0 Å². The number of nitrogens with zero attached hydrogens (tertiary/aromatic N) is 2. The SMILES string of the molecule is Cc1ccc(-c2n[nH]c(=S)n2CCC(=O)NNC(=O)c2ccc(OC(C)C)cc2)cc1. The van der Waals surface area contributed by atoms with Crippen LogP contribution in [0.1, 0.15) is 36.2 Å². The first-order chi connectivity index (χ1) is 14.8. The van der Waals surface area contributed by atoms with Crippen molar-refractivity contribution in [2.45, 2.75) is 39.8 Å². The maximum absolute atomic E-state index is 12.2. The first-order valence-corrected chi connectivity index (χ1v) is 10.3. The van der Waals surface area contributed by atoms with Crippen LogP contribution in [0.2, 0.25) is 0 Å². The summed E-state index contributed by atoms with van der Waals surface area (Å²) < 4.78 is 7.74. The molecule has 0 unspecified atom stereocenters. The highest BCUT2D eigenvalue weighted by Crippen LogP contribution is 2.18. The Hall–Kier alpha value is -3.46. The average Bonchev–Trinajstić information content (AvgIpc) is 3.11. The Kier molecular flexibility index (Phi) is 7.19. The summed E-state index contributed by atoms with van der Waals surface area (Å²) in [5.41, 5.74) is 7.30. The summed E-state index contributed by atoms with van der Waals surface area (Å²) in [7, 11) is 0. The number of benzene rings is 2. The highest BCUT2D eigenvalue weighted by atomic mass is 32.1. The van der Waals surface area contributed by atoms with Gasteiger partial charge in [-0.05, 0) is 57.3 Å². The minimum atomic E-state index is -0.412. The second-order valence-electron chi connectivity index (χ2n) is 7.31. The molecule has 1 heterocycles. The number of amides is 2. The Morgan fingerprint density at radius 3 is 2.42 bits per heavy atom. The third-order valence-corrected chi connectivity index (χ3v) is 4.75. The van der Waals surface area contributed by atoms with Crippen molar-refractivity contribution in [2.75, 3.05) is 0 Å². The predicted octanol–water partition coefficient (Wildman–Crippen LogP) is 3.55. The number of ether oxygens (including phenoxy) is 1. The van der Waals surface area contributed by atoms with Crippen LogP contribution >= 0.6 is 12.2 Å². The normalized spacial score (nSPS) is 10.7. The second kappa shape index (κ2) is 10.0. The molecule has 0 bridgehead atoms. The highest BCUT2D eigenvalue weighted by Gasteiger charge is 2.12. The number of hydrazine groups is 1. The summed E-state index contributed by atoms with van der Waals surface area (Å²) in [6, 6.07) is 14.6. The number of carbonyl (C=O) groups is 2. The molecule has 31 heavy (non-hydrogen) atoms. The van der Waals surface area contributed by atoms with Gasteiger partial charge in [0.25, 0.3) is 5.91 Å².